The Kier molecular flexibility index (Phi) is 6.16. The van der Waals surface area contributed by atoms with Crippen molar-refractivity contribution in [1.82, 2.24) is 20.5 Å². The maximum atomic E-state index is 12.3. The molecule has 0 radical (unpaired) electrons. The monoisotopic (exact) mass is 400 g/mol. The number of benzene rings is 2. The summed E-state index contributed by atoms with van der Waals surface area (Å²) in [4.78, 5) is 16.7. The molecule has 3 rings (SSSR count). The average molecular weight is 401 g/mol. The van der Waals surface area contributed by atoms with Gasteiger partial charge in [-0.05, 0) is 55.8 Å². The summed E-state index contributed by atoms with van der Waals surface area (Å²) < 4.78 is 10.8. The lowest BCUT2D eigenvalue weighted by Gasteiger charge is -2.15. The molecule has 0 bridgehead atoms. The lowest BCUT2D eigenvalue weighted by Crippen LogP contribution is -2.36. The van der Waals surface area contributed by atoms with Gasteiger partial charge in [0.2, 0.25) is 0 Å². The summed E-state index contributed by atoms with van der Waals surface area (Å²) in [5, 5.41) is 10.2. The second-order valence-electron chi connectivity index (χ2n) is 6.25. The van der Waals surface area contributed by atoms with Crippen molar-refractivity contribution in [3.8, 4) is 22.9 Å². The predicted molar refractivity (Wildman–Crippen MR) is 106 cm³/mol. The molecule has 0 spiro atoms. The summed E-state index contributed by atoms with van der Waals surface area (Å²) in [6.07, 6.45) is -0.705. The highest BCUT2D eigenvalue weighted by Gasteiger charge is 2.17. The molecular weight excluding hydrogens is 380 g/mol. The number of carbonyl (C=O) groups is 1. The van der Waals surface area contributed by atoms with Gasteiger partial charge in [-0.15, -0.1) is 0 Å². The molecule has 1 amide bonds. The van der Waals surface area contributed by atoms with Crippen LogP contribution >= 0.6 is 11.6 Å². The summed E-state index contributed by atoms with van der Waals surface area (Å²) in [5.74, 6) is 2.04. The van der Waals surface area contributed by atoms with Gasteiger partial charge < -0.3 is 14.8 Å². The summed E-state index contributed by atoms with van der Waals surface area (Å²) in [6.45, 7) is 3.80. The number of aryl methyl sites for hydroxylation is 1. The normalized spacial score (nSPS) is 11.7. The van der Waals surface area contributed by atoms with Gasteiger partial charge in [-0.2, -0.15) is 5.10 Å². The number of carbonyl (C=O) groups excluding carboxylic acids is 1. The van der Waals surface area contributed by atoms with Gasteiger partial charge in [0.25, 0.3) is 5.91 Å². The van der Waals surface area contributed by atoms with E-state index in [2.05, 4.69) is 20.5 Å². The van der Waals surface area contributed by atoms with Crippen molar-refractivity contribution < 1.29 is 14.3 Å². The number of hydrogen-bond donors (Lipinski definition) is 2. The van der Waals surface area contributed by atoms with Gasteiger partial charge in [-0.25, -0.2) is 4.98 Å². The highest BCUT2D eigenvalue weighted by molar-refractivity contribution is 6.32. The smallest absolute Gasteiger partial charge is 0.261 e. The first-order valence-corrected chi connectivity index (χ1v) is 9.10. The molecule has 1 atom stereocenters. The van der Waals surface area contributed by atoms with Crippen LogP contribution in [0.25, 0.3) is 11.4 Å². The molecule has 1 heterocycles. The molecule has 0 aliphatic heterocycles. The number of aromatic nitrogens is 3. The number of nitrogens with zero attached hydrogens (tertiary/aromatic N) is 2. The minimum atomic E-state index is -0.705. The third-order valence-corrected chi connectivity index (χ3v) is 4.38. The zero-order valence-corrected chi connectivity index (χ0v) is 16.6. The minimum Gasteiger partial charge on any atom is -0.497 e. The van der Waals surface area contributed by atoms with Gasteiger partial charge in [0.05, 0.1) is 18.7 Å². The van der Waals surface area contributed by atoms with E-state index in [9.17, 15) is 4.79 Å². The fourth-order valence-electron chi connectivity index (χ4n) is 2.50. The zero-order chi connectivity index (χ0) is 20.1. The topological polar surface area (TPSA) is 89.1 Å². The van der Waals surface area contributed by atoms with E-state index >= 15 is 0 Å². The van der Waals surface area contributed by atoms with Gasteiger partial charge in [-0.1, -0.05) is 17.7 Å². The van der Waals surface area contributed by atoms with Crippen molar-refractivity contribution in [2.75, 3.05) is 7.11 Å². The molecule has 0 aliphatic rings. The Morgan fingerprint density at radius 3 is 2.71 bits per heavy atom. The Morgan fingerprint density at radius 1 is 1.25 bits per heavy atom. The number of ether oxygens (including phenoxy) is 2. The first kappa shape index (κ1) is 19.7. The molecular formula is C20H21ClN4O3. The molecule has 0 saturated heterocycles. The van der Waals surface area contributed by atoms with E-state index in [4.69, 9.17) is 21.1 Å². The van der Waals surface area contributed by atoms with Crippen molar-refractivity contribution in [2.45, 2.75) is 26.5 Å². The number of methoxy groups -OCH3 is 1. The predicted octanol–water partition coefficient (Wildman–Crippen LogP) is 3.53. The zero-order valence-electron chi connectivity index (χ0n) is 15.8. The Labute approximate surface area is 168 Å². The summed E-state index contributed by atoms with van der Waals surface area (Å²) in [6, 6.07) is 12.8. The fraction of sp³-hybridized carbons (Fsp3) is 0.250. The van der Waals surface area contributed by atoms with Gasteiger partial charge in [0.15, 0.2) is 11.9 Å². The van der Waals surface area contributed by atoms with Crippen LogP contribution in [-0.4, -0.2) is 34.3 Å². The number of amides is 1. The molecule has 28 heavy (non-hydrogen) atoms. The molecule has 1 unspecified atom stereocenters. The van der Waals surface area contributed by atoms with Crippen LogP contribution in [0.4, 0.5) is 0 Å². The van der Waals surface area contributed by atoms with Crippen LogP contribution in [0.2, 0.25) is 5.02 Å². The van der Waals surface area contributed by atoms with Crippen molar-refractivity contribution in [3.05, 3.63) is 58.9 Å². The van der Waals surface area contributed by atoms with Crippen LogP contribution in [0, 0.1) is 6.92 Å². The molecule has 0 fully saturated rings. The average Bonchev–Trinajstić information content (AvgIpc) is 3.18. The number of rotatable bonds is 7. The van der Waals surface area contributed by atoms with E-state index < -0.39 is 6.10 Å². The van der Waals surface area contributed by atoms with E-state index in [1.807, 2.05) is 37.3 Å². The minimum absolute atomic E-state index is 0.206. The molecule has 3 aromatic rings. The van der Waals surface area contributed by atoms with E-state index in [-0.39, 0.29) is 12.5 Å². The van der Waals surface area contributed by atoms with Crippen LogP contribution in [0.1, 0.15) is 18.3 Å². The van der Waals surface area contributed by atoms with E-state index in [0.29, 0.717) is 22.4 Å². The lowest BCUT2D eigenvalue weighted by molar-refractivity contribution is -0.127. The molecule has 2 aromatic carbocycles. The van der Waals surface area contributed by atoms with Gasteiger partial charge in [0.1, 0.15) is 17.3 Å². The van der Waals surface area contributed by atoms with Crippen LogP contribution < -0.4 is 14.8 Å². The van der Waals surface area contributed by atoms with Crippen LogP contribution in [-0.2, 0) is 11.3 Å². The SMILES string of the molecule is COc1ccc(-c2n[nH]c(CNC(=O)C(C)Oc3cc(C)ccc3Cl)n2)cc1. The van der Waals surface area contributed by atoms with Crippen molar-refractivity contribution >= 4 is 17.5 Å². The molecule has 0 aliphatic carbocycles. The molecule has 7 nitrogen and oxygen atoms in total. The van der Waals surface area contributed by atoms with E-state index in [1.165, 1.54) is 0 Å². The number of halogens is 1. The third-order valence-electron chi connectivity index (χ3n) is 4.07. The van der Waals surface area contributed by atoms with Gasteiger partial charge >= 0.3 is 0 Å². The van der Waals surface area contributed by atoms with Gasteiger partial charge in [0, 0.05) is 5.56 Å². The van der Waals surface area contributed by atoms with Crippen molar-refractivity contribution in [2.24, 2.45) is 0 Å². The Morgan fingerprint density at radius 2 is 2.00 bits per heavy atom. The van der Waals surface area contributed by atoms with Crippen molar-refractivity contribution in [3.63, 3.8) is 0 Å². The molecule has 0 saturated carbocycles. The summed E-state index contributed by atoms with van der Waals surface area (Å²) >= 11 is 6.11. The summed E-state index contributed by atoms with van der Waals surface area (Å²) in [5.41, 5.74) is 1.85. The largest absolute Gasteiger partial charge is 0.497 e. The Balaban J connectivity index is 1.57. The van der Waals surface area contributed by atoms with Crippen LogP contribution in [0.15, 0.2) is 42.5 Å². The summed E-state index contributed by atoms with van der Waals surface area (Å²) in [7, 11) is 1.61. The molecule has 8 heteroatoms. The first-order chi connectivity index (χ1) is 13.5. The van der Waals surface area contributed by atoms with E-state index in [1.54, 1.807) is 26.2 Å². The number of nitrogens with one attached hydrogen (secondary N) is 2. The fourth-order valence-corrected chi connectivity index (χ4v) is 2.67. The Bertz CT molecular complexity index is 956. The number of H-pyrrole nitrogens is 1. The van der Waals surface area contributed by atoms with E-state index in [0.717, 1.165) is 16.9 Å². The standard InChI is InChI=1S/C20H21ClN4O3/c1-12-4-9-16(21)17(10-12)28-13(2)20(26)22-11-18-23-19(25-24-18)14-5-7-15(27-3)8-6-14/h4-10,13H,11H2,1-3H3,(H,22,26)(H,23,24,25). The molecule has 1 aromatic heterocycles. The molecule has 2 N–H and O–H groups in total. The second-order valence-corrected chi connectivity index (χ2v) is 6.65. The third kappa shape index (κ3) is 4.80. The van der Waals surface area contributed by atoms with Gasteiger partial charge in [-0.3, -0.25) is 9.89 Å². The van der Waals surface area contributed by atoms with Crippen molar-refractivity contribution in [1.29, 1.82) is 0 Å². The lowest BCUT2D eigenvalue weighted by atomic mass is 10.2. The highest BCUT2D eigenvalue weighted by Crippen LogP contribution is 2.26. The Hall–Kier alpha value is -3.06. The number of aromatic amines is 1. The number of hydrogen-bond acceptors (Lipinski definition) is 5. The van der Waals surface area contributed by atoms with Crippen LogP contribution in [0.5, 0.6) is 11.5 Å². The molecule has 146 valence electrons. The second kappa shape index (κ2) is 8.75. The highest BCUT2D eigenvalue weighted by atomic mass is 35.5. The maximum Gasteiger partial charge on any atom is 0.261 e. The first-order valence-electron chi connectivity index (χ1n) is 8.72. The quantitative estimate of drug-likeness (QED) is 0.633. The maximum absolute atomic E-state index is 12.3. The van der Waals surface area contributed by atoms with Crippen LogP contribution in [0.3, 0.4) is 0 Å².